The highest BCUT2D eigenvalue weighted by Crippen LogP contribution is 2.23. The molecule has 2 N–H and O–H groups in total. The summed E-state index contributed by atoms with van der Waals surface area (Å²) >= 11 is 5.98. The van der Waals surface area contributed by atoms with Crippen LogP contribution in [0, 0.1) is 17.8 Å². The fraction of sp³-hybridized carbons (Fsp3) is 0.643. The van der Waals surface area contributed by atoms with Crippen LogP contribution >= 0.6 is 11.6 Å². The predicted octanol–water partition coefficient (Wildman–Crippen LogP) is 2.98. The van der Waals surface area contributed by atoms with Crippen molar-refractivity contribution in [2.45, 2.75) is 32.6 Å². The minimum Gasteiger partial charge on any atom is -0.372 e. The molecule has 0 aliphatic rings. The van der Waals surface area contributed by atoms with Gasteiger partial charge in [0.2, 0.25) is 10.0 Å². The molecule has 5 nitrogen and oxygen atoms in total. The first-order chi connectivity index (χ1) is 9.69. The van der Waals surface area contributed by atoms with Crippen molar-refractivity contribution in [1.29, 1.82) is 0 Å². The second-order valence-corrected chi connectivity index (χ2v) is 7.93. The van der Waals surface area contributed by atoms with Crippen LogP contribution in [-0.2, 0) is 10.0 Å². The Hall–Kier alpha value is -0.850. The van der Waals surface area contributed by atoms with Gasteiger partial charge in [-0.15, -0.1) is 0 Å². The van der Waals surface area contributed by atoms with E-state index >= 15 is 0 Å². The van der Waals surface area contributed by atoms with Crippen molar-refractivity contribution in [3.05, 3.63) is 17.3 Å². The van der Waals surface area contributed by atoms with Gasteiger partial charge in [0, 0.05) is 19.8 Å². The van der Waals surface area contributed by atoms with E-state index in [4.69, 9.17) is 11.6 Å². The molecule has 0 aliphatic carbocycles. The van der Waals surface area contributed by atoms with E-state index in [0.29, 0.717) is 24.2 Å². The molecule has 120 valence electrons. The standard InChI is InChI=1S/C14H24ClN3O2S/c1-9(2)12(10(3)4)8-18-21(19,20)11-6-13(15)14(16-5)17-7-11/h6-7,9-10,12,18H,8H2,1-5H3,(H,16,17). The van der Waals surface area contributed by atoms with Gasteiger partial charge in [0.05, 0.1) is 5.02 Å². The molecule has 0 unspecified atom stereocenters. The predicted molar refractivity (Wildman–Crippen MR) is 87.1 cm³/mol. The van der Waals surface area contributed by atoms with E-state index in [1.807, 2.05) is 0 Å². The van der Waals surface area contributed by atoms with Crippen LogP contribution < -0.4 is 10.0 Å². The van der Waals surface area contributed by atoms with E-state index in [-0.39, 0.29) is 15.8 Å². The summed E-state index contributed by atoms with van der Waals surface area (Å²) in [6.07, 6.45) is 1.31. The third-order valence-electron chi connectivity index (χ3n) is 3.58. The molecule has 1 aromatic heterocycles. The van der Waals surface area contributed by atoms with Gasteiger partial charge < -0.3 is 5.32 Å². The second-order valence-electron chi connectivity index (χ2n) is 5.76. The van der Waals surface area contributed by atoms with Crippen molar-refractivity contribution in [2.24, 2.45) is 17.8 Å². The van der Waals surface area contributed by atoms with Crippen LogP contribution in [0.1, 0.15) is 27.7 Å². The van der Waals surface area contributed by atoms with Crippen molar-refractivity contribution in [3.63, 3.8) is 0 Å². The maximum absolute atomic E-state index is 12.3. The van der Waals surface area contributed by atoms with Crippen LogP contribution in [0.4, 0.5) is 5.82 Å². The zero-order valence-electron chi connectivity index (χ0n) is 13.1. The van der Waals surface area contributed by atoms with Crippen LogP contribution in [0.15, 0.2) is 17.2 Å². The molecule has 0 bridgehead atoms. The van der Waals surface area contributed by atoms with Gasteiger partial charge in [0.1, 0.15) is 10.7 Å². The fourth-order valence-corrected chi connectivity index (χ4v) is 3.65. The SMILES string of the molecule is CNc1ncc(S(=O)(=O)NCC(C(C)C)C(C)C)cc1Cl. The molecule has 1 aromatic rings. The summed E-state index contributed by atoms with van der Waals surface area (Å²) in [6, 6.07) is 1.41. The highest BCUT2D eigenvalue weighted by Gasteiger charge is 2.22. The number of hydrogen-bond donors (Lipinski definition) is 2. The lowest BCUT2D eigenvalue weighted by Crippen LogP contribution is -2.34. The summed E-state index contributed by atoms with van der Waals surface area (Å²) in [6.45, 7) is 8.79. The first-order valence-electron chi connectivity index (χ1n) is 7.02. The molecule has 0 aliphatic heterocycles. The number of nitrogens with zero attached hydrogens (tertiary/aromatic N) is 1. The summed E-state index contributed by atoms with van der Waals surface area (Å²) < 4.78 is 27.3. The molecule has 0 fully saturated rings. The minimum absolute atomic E-state index is 0.0813. The summed E-state index contributed by atoms with van der Waals surface area (Å²) in [7, 11) is -1.92. The quantitative estimate of drug-likeness (QED) is 0.804. The number of sulfonamides is 1. The molecule has 7 heteroatoms. The van der Waals surface area contributed by atoms with Gasteiger partial charge >= 0.3 is 0 Å². The number of halogens is 1. The van der Waals surface area contributed by atoms with Gasteiger partial charge in [-0.2, -0.15) is 0 Å². The van der Waals surface area contributed by atoms with E-state index in [9.17, 15) is 8.42 Å². The van der Waals surface area contributed by atoms with E-state index in [1.54, 1.807) is 7.05 Å². The van der Waals surface area contributed by atoms with Crippen molar-refractivity contribution < 1.29 is 8.42 Å². The monoisotopic (exact) mass is 333 g/mol. The highest BCUT2D eigenvalue weighted by atomic mass is 35.5. The van der Waals surface area contributed by atoms with Gasteiger partial charge in [-0.05, 0) is 23.8 Å². The first-order valence-corrected chi connectivity index (χ1v) is 8.88. The van der Waals surface area contributed by atoms with Gasteiger partial charge in [-0.3, -0.25) is 0 Å². The van der Waals surface area contributed by atoms with Crippen molar-refractivity contribution in [2.75, 3.05) is 18.9 Å². The Morgan fingerprint density at radius 1 is 1.24 bits per heavy atom. The minimum atomic E-state index is -3.59. The molecular formula is C14H24ClN3O2S. The fourth-order valence-electron chi connectivity index (χ4n) is 2.28. The van der Waals surface area contributed by atoms with Crippen LogP contribution in [0.5, 0.6) is 0 Å². The average molecular weight is 334 g/mol. The number of nitrogens with one attached hydrogen (secondary N) is 2. The maximum Gasteiger partial charge on any atom is 0.242 e. The topological polar surface area (TPSA) is 71.1 Å². The number of anilines is 1. The largest absolute Gasteiger partial charge is 0.372 e. The van der Waals surface area contributed by atoms with Crippen molar-refractivity contribution >= 4 is 27.4 Å². The molecule has 0 saturated carbocycles. The summed E-state index contributed by atoms with van der Waals surface area (Å²) in [5.41, 5.74) is 0. The van der Waals surface area contributed by atoms with E-state index < -0.39 is 10.0 Å². The van der Waals surface area contributed by atoms with Crippen molar-refractivity contribution in [3.8, 4) is 0 Å². The lowest BCUT2D eigenvalue weighted by molar-refractivity contribution is 0.289. The van der Waals surface area contributed by atoms with Gasteiger partial charge in [0.15, 0.2) is 0 Å². The molecule has 0 atom stereocenters. The molecule has 0 radical (unpaired) electrons. The Kier molecular flexibility index (Phi) is 6.43. The van der Waals surface area contributed by atoms with E-state index in [0.717, 1.165) is 0 Å². The molecule has 0 aromatic carbocycles. The van der Waals surface area contributed by atoms with Crippen LogP contribution in [0.25, 0.3) is 0 Å². The van der Waals surface area contributed by atoms with Gasteiger partial charge in [0.25, 0.3) is 0 Å². The van der Waals surface area contributed by atoms with Gasteiger partial charge in [-0.1, -0.05) is 39.3 Å². The molecule has 0 amide bonds. The zero-order valence-corrected chi connectivity index (χ0v) is 14.7. The Morgan fingerprint density at radius 2 is 1.81 bits per heavy atom. The maximum atomic E-state index is 12.3. The summed E-state index contributed by atoms with van der Waals surface area (Å²) in [5.74, 6) is 1.54. The molecule has 1 rings (SSSR count). The molecular weight excluding hydrogens is 310 g/mol. The Morgan fingerprint density at radius 3 is 2.24 bits per heavy atom. The first kappa shape index (κ1) is 18.2. The lowest BCUT2D eigenvalue weighted by Gasteiger charge is -2.25. The smallest absolute Gasteiger partial charge is 0.242 e. The van der Waals surface area contributed by atoms with Crippen molar-refractivity contribution in [1.82, 2.24) is 9.71 Å². The molecule has 0 spiro atoms. The van der Waals surface area contributed by atoms with Crippen LogP contribution in [-0.4, -0.2) is 27.0 Å². The summed E-state index contributed by atoms with van der Waals surface area (Å²) in [5, 5.41) is 3.08. The third-order valence-corrected chi connectivity index (χ3v) is 5.26. The number of rotatable bonds is 7. The highest BCUT2D eigenvalue weighted by molar-refractivity contribution is 7.89. The Balaban J connectivity index is 2.89. The summed E-state index contributed by atoms with van der Waals surface area (Å²) in [4.78, 5) is 4.08. The van der Waals surface area contributed by atoms with Crippen LogP contribution in [0.3, 0.4) is 0 Å². The molecule has 21 heavy (non-hydrogen) atoms. The molecule has 1 heterocycles. The Bertz CT molecular complexity index is 566. The zero-order chi connectivity index (χ0) is 16.2. The number of hydrogen-bond acceptors (Lipinski definition) is 4. The van der Waals surface area contributed by atoms with E-state index in [2.05, 4.69) is 42.7 Å². The Labute approximate surface area is 132 Å². The van der Waals surface area contributed by atoms with E-state index in [1.165, 1.54) is 12.3 Å². The number of pyridine rings is 1. The number of aromatic nitrogens is 1. The normalized spacial score (nSPS) is 12.4. The second kappa shape index (κ2) is 7.42. The molecule has 0 saturated heterocycles. The average Bonchev–Trinajstić information content (AvgIpc) is 2.37. The van der Waals surface area contributed by atoms with Gasteiger partial charge in [-0.25, -0.2) is 18.1 Å². The third kappa shape index (κ3) is 4.83. The lowest BCUT2D eigenvalue weighted by atomic mass is 9.86. The van der Waals surface area contributed by atoms with Crippen LogP contribution in [0.2, 0.25) is 5.02 Å².